The highest BCUT2D eigenvalue weighted by Crippen LogP contribution is 2.40. The summed E-state index contributed by atoms with van der Waals surface area (Å²) in [4.78, 5) is 13.5. The van der Waals surface area contributed by atoms with Crippen LogP contribution in [0.3, 0.4) is 0 Å². The summed E-state index contributed by atoms with van der Waals surface area (Å²) in [6.45, 7) is 13.8. The zero-order valence-electron chi connectivity index (χ0n) is 19.7. The lowest BCUT2D eigenvalue weighted by atomic mass is 9.78. The average Bonchev–Trinajstić information content (AvgIpc) is 3.17. The molecular weight excluding hydrogens is 422 g/mol. The summed E-state index contributed by atoms with van der Waals surface area (Å²) < 4.78 is 27.0. The van der Waals surface area contributed by atoms with Crippen molar-refractivity contribution >= 4 is 15.8 Å². The maximum absolute atomic E-state index is 13.3. The largest absolute Gasteiger partial charge is 0.507 e. The molecular formula is C26H31NO4S. The van der Waals surface area contributed by atoms with Crippen LogP contribution in [-0.4, -0.2) is 23.3 Å². The van der Waals surface area contributed by atoms with Crippen molar-refractivity contribution in [3.05, 3.63) is 82.7 Å². The van der Waals surface area contributed by atoms with Crippen LogP contribution in [0, 0.1) is 6.92 Å². The van der Waals surface area contributed by atoms with Crippen LogP contribution in [0.5, 0.6) is 5.75 Å². The highest BCUT2D eigenvalue weighted by molar-refractivity contribution is 7.90. The van der Waals surface area contributed by atoms with E-state index in [0.717, 1.165) is 9.54 Å². The van der Waals surface area contributed by atoms with E-state index in [1.165, 1.54) is 18.5 Å². The fraction of sp³-hybridized carbons (Fsp3) is 0.346. The molecule has 0 amide bonds. The number of benzene rings is 2. The number of aryl methyl sites for hydroxylation is 1. The van der Waals surface area contributed by atoms with Crippen molar-refractivity contribution in [1.82, 2.24) is 3.97 Å². The molecule has 0 unspecified atom stereocenters. The lowest BCUT2D eigenvalue weighted by Gasteiger charge is -2.28. The van der Waals surface area contributed by atoms with E-state index >= 15 is 0 Å². The molecule has 0 radical (unpaired) electrons. The van der Waals surface area contributed by atoms with Gasteiger partial charge in [0.1, 0.15) is 5.75 Å². The number of nitrogens with zero attached hydrogens (tertiary/aromatic N) is 1. The molecule has 6 heteroatoms. The fourth-order valence-electron chi connectivity index (χ4n) is 3.57. The minimum atomic E-state index is -3.80. The van der Waals surface area contributed by atoms with Crippen LogP contribution in [0.4, 0.5) is 0 Å². The molecule has 2 aromatic carbocycles. The van der Waals surface area contributed by atoms with E-state index in [2.05, 4.69) is 0 Å². The van der Waals surface area contributed by atoms with E-state index in [-0.39, 0.29) is 32.8 Å². The Kier molecular flexibility index (Phi) is 5.89. The third-order valence-electron chi connectivity index (χ3n) is 5.51. The molecule has 0 aliphatic carbocycles. The maximum atomic E-state index is 13.3. The molecule has 170 valence electrons. The number of rotatable bonds is 4. The Morgan fingerprint density at radius 2 is 1.34 bits per heavy atom. The monoisotopic (exact) mass is 453 g/mol. The van der Waals surface area contributed by atoms with Crippen molar-refractivity contribution in [2.24, 2.45) is 0 Å². The van der Waals surface area contributed by atoms with E-state index in [1.54, 1.807) is 36.4 Å². The van der Waals surface area contributed by atoms with Gasteiger partial charge in [0.2, 0.25) is 0 Å². The third kappa shape index (κ3) is 4.51. The number of aromatic hydroxyl groups is 1. The zero-order chi connectivity index (χ0) is 24.1. The molecule has 1 heterocycles. The summed E-state index contributed by atoms with van der Waals surface area (Å²) in [6, 6.07) is 11.5. The third-order valence-corrected chi connectivity index (χ3v) is 7.16. The lowest BCUT2D eigenvalue weighted by molar-refractivity contribution is 0.103. The van der Waals surface area contributed by atoms with Crippen LogP contribution >= 0.6 is 0 Å². The number of aromatic nitrogens is 1. The van der Waals surface area contributed by atoms with E-state index in [4.69, 9.17) is 0 Å². The zero-order valence-corrected chi connectivity index (χ0v) is 20.5. The number of hydrogen-bond donors (Lipinski definition) is 1. The van der Waals surface area contributed by atoms with Gasteiger partial charge in [-0.3, -0.25) is 4.79 Å². The molecule has 0 fully saturated rings. The first-order valence-electron chi connectivity index (χ1n) is 10.6. The minimum absolute atomic E-state index is 0.160. The highest BCUT2D eigenvalue weighted by atomic mass is 32.2. The standard InChI is InChI=1S/C26H31NO4S/c1-17-8-10-20(11-9-17)32(30,31)27-13-12-18(16-27)23(28)19-14-21(25(2,3)4)24(29)22(15-19)26(5,6)7/h8-16,29H,1-7H3. The second-order valence-corrected chi connectivity index (χ2v) is 12.1. The van der Waals surface area contributed by atoms with Gasteiger partial charge in [-0.15, -0.1) is 0 Å². The molecule has 0 bridgehead atoms. The first-order chi connectivity index (χ1) is 14.6. The highest BCUT2D eigenvalue weighted by Gasteiger charge is 2.28. The Labute approximate surface area is 190 Å². The summed E-state index contributed by atoms with van der Waals surface area (Å²) in [5.74, 6) is -0.0973. The molecule has 3 aromatic rings. The van der Waals surface area contributed by atoms with Gasteiger partial charge in [0.25, 0.3) is 10.0 Å². The van der Waals surface area contributed by atoms with E-state index in [1.807, 2.05) is 48.5 Å². The number of carbonyl (C=O) groups excluding carboxylic acids is 1. The van der Waals surface area contributed by atoms with Crippen LogP contribution in [0.25, 0.3) is 0 Å². The van der Waals surface area contributed by atoms with Crippen LogP contribution in [0.15, 0.2) is 59.8 Å². The second-order valence-electron chi connectivity index (χ2n) is 10.3. The minimum Gasteiger partial charge on any atom is -0.507 e. The summed E-state index contributed by atoms with van der Waals surface area (Å²) in [7, 11) is -3.80. The van der Waals surface area contributed by atoms with Crippen LogP contribution in [0.1, 0.15) is 74.2 Å². The normalized spacial score (nSPS) is 12.7. The maximum Gasteiger partial charge on any atom is 0.267 e. The number of phenolic OH excluding ortho intramolecular Hbond substituents is 1. The van der Waals surface area contributed by atoms with Gasteiger partial charge in [0, 0.05) is 34.6 Å². The molecule has 0 aliphatic rings. The molecule has 1 aromatic heterocycles. The Bertz CT molecular complexity index is 1230. The second kappa shape index (κ2) is 7.93. The summed E-state index contributed by atoms with van der Waals surface area (Å²) in [5.41, 5.74) is 2.26. The van der Waals surface area contributed by atoms with Crippen molar-refractivity contribution in [3.8, 4) is 5.75 Å². The van der Waals surface area contributed by atoms with Crippen LogP contribution in [0.2, 0.25) is 0 Å². The predicted octanol–water partition coefficient (Wildman–Crippen LogP) is 5.57. The Hall–Kier alpha value is -2.86. The van der Waals surface area contributed by atoms with Gasteiger partial charge in [-0.25, -0.2) is 12.4 Å². The van der Waals surface area contributed by atoms with Gasteiger partial charge in [0.05, 0.1) is 4.90 Å². The molecule has 3 rings (SSSR count). The van der Waals surface area contributed by atoms with Gasteiger partial charge >= 0.3 is 0 Å². The average molecular weight is 454 g/mol. The molecule has 0 saturated carbocycles. The Balaban J connectivity index is 2.07. The fourth-order valence-corrected chi connectivity index (χ4v) is 4.77. The van der Waals surface area contributed by atoms with Crippen molar-refractivity contribution in [3.63, 3.8) is 0 Å². The Morgan fingerprint density at radius 1 is 0.844 bits per heavy atom. The molecule has 5 nitrogen and oxygen atoms in total. The number of ketones is 1. The Morgan fingerprint density at radius 3 is 1.81 bits per heavy atom. The quantitative estimate of drug-likeness (QED) is 0.524. The first-order valence-corrected chi connectivity index (χ1v) is 12.0. The summed E-state index contributed by atoms with van der Waals surface area (Å²) in [5, 5.41) is 10.9. The topological polar surface area (TPSA) is 76.4 Å². The first kappa shape index (κ1) is 23.8. The van der Waals surface area contributed by atoms with Gasteiger partial charge in [-0.1, -0.05) is 59.2 Å². The summed E-state index contributed by atoms with van der Waals surface area (Å²) >= 11 is 0. The van der Waals surface area contributed by atoms with Gasteiger partial charge in [0.15, 0.2) is 5.78 Å². The SMILES string of the molecule is Cc1ccc(S(=O)(=O)n2ccc(C(=O)c3cc(C(C)(C)C)c(O)c(C(C)(C)C)c3)c2)cc1. The number of hydrogen-bond acceptors (Lipinski definition) is 4. The van der Waals surface area contributed by atoms with Crippen molar-refractivity contribution in [2.75, 3.05) is 0 Å². The van der Waals surface area contributed by atoms with Crippen molar-refractivity contribution < 1.29 is 18.3 Å². The van der Waals surface area contributed by atoms with Crippen LogP contribution in [-0.2, 0) is 20.9 Å². The smallest absolute Gasteiger partial charge is 0.267 e. The number of phenols is 1. The molecule has 0 aliphatic heterocycles. The molecule has 32 heavy (non-hydrogen) atoms. The van der Waals surface area contributed by atoms with Crippen molar-refractivity contribution in [2.45, 2.75) is 64.2 Å². The van der Waals surface area contributed by atoms with Crippen LogP contribution < -0.4 is 0 Å². The van der Waals surface area contributed by atoms with E-state index in [0.29, 0.717) is 16.7 Å². The number of carbonyl (C=O) groups is 1. The van der Waals surface area contributed by atoms with E-state index < -0.39 is 10.0 Å². The molecule has 1 N–H and O–H groups in total. The molecule has 0 atom stereocenters. The van der Waals surface area contributed by atoms with Gasteiger partial charge in [-0.05, 0) is 48.1 Å². The van der Waals surface area contributed by atoms with Crippen molar-refractivity contribution in [1.29, 1.82) is 0 Å². The molecule has 0 saturated heterocycles. The molecule has 0 spiro atoms. The summed E-state index contributed by atoms with van der Waals surface area (Å²) in [6.07, 6.45) is 2.73. The lowest BCUT2D eigenvalue weighted by Crippen LogP contribution is -2.19. The van der Waals surface area contributed by atoms with Gasteiger partial charge < -0.3 is 5.11 Å². The van der Waals surface area contributed by atoms with E-state index in [9.17, 15) is 18.3 Å². The van der Waals surface area contributed by atoms with Gasteiger partial charge in [-0.2, -0.15) is 0 Å². The predicted molar refractivity (Wildman–Crippen MR) is 127 cm³/mol.